The fraction of sp³-hybridized carbons (Fsp3) is 0.833. The Labute approximate surface area is 155 Å². The highest BCUT2D eigenvalue weighted by atomic mass is 16.5. The zero-order valence-corrected chi connectivity index (χ0v) is 15.8. The molecule has 3 N–H and O–H groups in total. The second kappa shape index (κ2) is 14.6. The van der Waals surface area contributed by atoms with E-state index in [9.17, 15) is 14.4 Å². The van der Waals surface area contributed by atoms with Crippen LogP contribution in [0.25, 0.3) is 0 Å². The summed E-state index contributed by atoms with van der Waals surface area (Å²) >= 11 is 0. The fourth-order valence-corrected chi connectivity index (χ4v) is 2.78. The van der Waals surface area contributed by atoms with E-state index in [1.807, 2.05) is 0 Å². The molecule has 1 aliphatic carbocycles. The van der Waals surface area contributed by atoms with Crippen LogP contribution in [-0.2, 0) is 23.9 Å². The van der Waals surface area contributed by atoms with E-state index in [1.54, 1.807) is 7.05 Å². The van der Waals surface area contributed by atoms with E-state index in [2.05, 4.69) is 16.0 Å². The van der Waals surface area contributed by atoms with Gasteiger partial charge in [0, 0.05) is 37.9 Å². The van der Waals surface area contributed by atoms with Gasteiger partial charge in [0.2, 0.25) is 11.8 Å². The lowest BCUT2D eigenvalue weighted by atomic mass is 9.87. The van der Waals surface area contributed by atoms with Crippen molar-refractivity contribution in [2.75, 3.05) is 46.6 Å². The summed E-state index contributed by atoms with van der Waals surface area (Å²) in [5, 5.41) is 8.67. The number of rotatable bonds is 14. The van der Waals surface area contributed by atoms with Gasteiger partial charge in [0.25, 0.3) is 0 Å². The van der Waals surface area contributed by atoms with Gasteiger partial charge >= 0.3 is 0 Å². The predicted molar refractivity (Wildman–Crippen MR) is 97.8 cm³/mol. The SMILES string of the molecule is CNCCC(=O)NCCOCCOCCC(=O)NC1CCC(C=O)CC1. The first kappa shape index (κ1) is 22.5. The maximum absolute atomic E-state index is 11.8. The van der Waals surface area contributed by atoms with Gasteiger partial charge in [-0.1, -0.05) is 0 Å². The molecule has 8 nitrogen and oxygen atoms in total. The second-order valence-corrected chi connectivity index (χ2v) is 6.49. The van der Waals surface area contributed by atoms with Gasteiger partial charge in [-0.15, -0.1) is 0 Å². The highest BCUT2D eigenvalue weighted by Crippen LogP contribution is 2.22. The number of amides is 2. The minimum absolute atomic E-state index is 0.00450. The highest BCUT2D eigenvalue weighted by molar-refractivity contribution is 5.76. The van der Waals surface area contributed by atoms with Crippen LogP contribution < -0.4 is 16.0 Å². The van der Waals surface area contributed by atoms with E-state index in [-0.39, 0.29) is 23.8 Å². The molecule has 0 heterocycles. The molecule has 0 saturated heterocycles. The van der Waals surface area contributed by atoms with Crippen molar-refractivity contribution < 1.29 is 23.9 Å². The summed E-state index contributed by atoms with van der Waals surface area (Å²) in [7, 11) is 1.81. The standard InChI is InChI=1S/C18H33N3O5/c1-19-8-6-17(23)20-9-11-26-13-12-25-10-7-18(24)21-16-4-2-15(14-22)3-5-16/h14-16,19H,2-13H2,1H3,(H,20,23)(H,21,24). The Morgan fingerprint density at radius 2 is 1.62 bits per heavy atom. The molecule has 8 heteroatoms. The Morgan fingerprint density at radius 3 is 2.27 bits per heavy atom. The Kier molecular flexibility index (Phi) is 12.7. The summed E-state index contributed by atoms with van der Waals surface area (Å²) in [6.07, 6.45) is 5.27. The minimum Gasteiger partial charge on any atom is -0.379 e. The van der Waals surface area contributed by atoms with Gasteiger partial charge in [-0.3, -0.25) is 9.59 Å². The van der Waals surface area contributed by atoms with E-state index in [1.165, 1.54) is 0 Å². The quantitative estimate of drug-likeness (QED) is 0.293. The van der Waals surface area contributed by atoms with Crippen molar-refractivity contribution in [1.82, 2.24) is 16.0 Å². The van der Waals surface area contributed by atoms with E-state index in [0.29, 0.717) is 52.4 Å². The van der Waals surface area contributed by atoms with E-state index in [0.717, 1.165) is 32.0 Å². The molecule has 1 fully saturated rings. The molecule has 0 atom stereocenters. The molecule has 1 rings (SSSR count). The van der Waals surface area contributed by atoms with Crippen molar-refractivity contribution in [2.45, 2.75) is 44.6 Å². The average Bonchev–Trinajstić information content (AvgIpc) is 2.65. The smallest absolute Gasteiger partial charge is 0.222 e. The van der Waals surface area contributed by atoms with Crippen molar-refractivity contribution in [1.29, 1.82) is 0 Å². The Morgan fingerprint density at radius 1 is 0.923 bits per heavy atom. The van der Waals surface area contributed by atoms with Gasteiger partial charge in [0.15, 0.2) is 0 Å². The Bertz CT molecular complexity index is 412. The van der Waals surface area contributed by atoms with Gasteiger partial charge < -0.3 is 30.2 Å². The van der Waals surface area contributed by atoms with Crippen molar-refractivity contribution in [3.8, 4) is 0 Å². The summed E-state index contributed by atoms with van der Waals surface area (Å²) in [6, 6.07) is 0.186. The first-order valence-electron chi connectivity index (χ1n) is 9.47. The molecule has 1 aliphatic rings. The summed E-state index contributed by atoms with van der Waals surface area (Å²) in [5.74, 6) is 0.155. The number of aldehydes is 1. The number of ether oxygens (including phenoxy) is 2. The molecular weight excluding hydrogens is 338 g/mol. The number of carbonyl (C=O) groups excluding carboxylic acids is 3. The highest BCUT2D eigenvalue weighted by Gasteiger charge is 2.21. The zero-order chi connectivity index (χ0) is 19.0. The molecule has 2 amide bonds. The van der Waals surface area contributed by atoms with Crippen LogP contribution in [0.2, 0.25) is 0 Å². The number of hydrogen-bond acceptors (Lipinski definition) is 6. The molecule has 0 unspecified atom stereocenters. The van der Waals surface area contributed by atoms with Crippen LogP contribution in [-0.4, -0.2) is 70.7 Å². The summed E-state index contributed by atoms with van der Waals surface area (Å²) in [6.45, 7) is 2.80. The van der Waals surface area contributed by atoms with Crippen LogP contribution in [0, 0.1) is 5.92 Å². The maximum atomic E-state index is 11.8. The maximum Gasteiger partial charge on any atom is 0.222 e. The number of nitrogens with one attached hydrogen (secondary N) is 3. The zero-order valence-electron chi connectivity index (χ0n) is 15.8. The lowest BCUT2D eigenvalue weighted by Crippen LogP contribution is -2.38. The van der Waals surface area contributed by atoms with Crippen molar-refractivity contribution in [3.05, 3.63) is 0 Å². The second-order valence-electron chi connectivity index (χ2n) is 6.49. The summed E-state index contributed by atoms with van der Waals surface area (Å²) in [5.41, 5.74) is 0. The summed E-state index contributed by atoms with van der Waals surface area (Å²) < 4.78 is 10.7. The molecule has 0 aliphatic heterocycles. The van der Waals surface area contributed by atoms with Gasteiger partial charge in [-0.2, -0.15) is 0 Å². The van der Waals surface area contributed by atoms with Gasteiger partial charge in [-0.05, 0) is 32.7 Å². The first-order valence-corrected chi connectivity index (χ1v) is 9.47. The molecule has 1 saturated carbocycles. The average molecular weight is 371 g/mol. The van der Waals surface area contributed by atoms with Crippen molar-refractivity contribution >= 4 is 18.1 Å². The monoisotopic (exact) mass is 371 g/mol. The lowest BCUT2D eigenvalue weighted by molar-refractivity contribution is -0.123. The van der Waals surface area contributed by atoms with E-state index in [4.69, 9.17) is 9.47 Å². The minimum atomic E-state index is -0.00949. The third kappa shape index (κ3) is 11.2. The van der Waals surface area contributed by atoms with Gasteiger partial charge in [-0.25, -0.2) is 0 Å². The molecule has 26 heavy (non-hydrogen) atoms. The Hall–Kier alpha value is -1.51. The van der Waals surface area contributed by atoms with E-state index >= 15 is 0 Å². The largest absolute Gasteiger partial charge is 0.379 e. The van der Waals surface area contributed by atoms with Crippen LogP contribution in [0.3, 0.4) is 0 Å². The summed E-state index contributed by atoms with van der Waals surface area (Å²) in [4.78, 5) is 33.9. The van der Waals surface area contributed by atoms with Crippen molar-refractivity contribution in [2.24, 2.45) is 5.92 Å². The molecule has 150 valence electrons. The fourth-order valence-electron chi connectivity index (χ4n) is 2.78. The molecule has 0 aromatic heterocycles. The van der Waals surface area contributed by atoms with Crippen LogP contribution in [0.4, 0.5) is 0 Å². The van der Waals surface area contributed by atoms with E-state index < -0.39 is 0 Å². The molecule has 0 bridgehead atoms. The number of carbonyl (C=O) groups is 3. The van der Waals surface area contributed by atoms with Crippen molar-refractivity contribution in [3.63, 3.8) is 0 Å². The van der Waals surface area contributed by atoms with Crippen LogP contribution in [0.1, 0.15) is 38.5 Å². The Balaban J connectivity index is 1.87. The molecule has 0 radical (unpaired) electrons. The molecule has 0 spiro atoms. The third-order valence-corrected chi connectivity index (χ3v) is 4.35. The molecule has 0 aromatic rings. The normalized spacial score (nSPS) is 19.7. The third-order valence-electron chi connectivity index (χ3n) is 4.35. The van der Waals surface area contributed by atoms with Crippen LogP contribution in [0.5, 0.6) is 0 Å². The lowest BCUT2D eigenvalue weighted by Gasteiger charge is -2.26. The van der Waals surface area contributed by atoms with Gasteiger partial charge in [0.1, 0.15) is 6.29 Å². The van der Waals surface area contributed by atoms with Crippen LogP contribution >= 0.6 is 0 Å². The van der Waals surface area contributed by atoms with Crippen LogP contribution in [0.15, 0.2) is 0 Å². The topological polar surface area (TPSA) is 106 Å². The van der Waals surface area contributed by atoms with Gasteiger partial charge in [0.05, 0.1) is 26.4 Å². The predicted octanol–water partition coefficient (Wildman–Crippen LogP) is 0.00930. The first-order chi connectivity index (χ1) is 12.7. The number of hydrogen-bond donors (Lipinski definition) is 3. The molecule has 0 aromatic carbocycles. The molecular formula is C18H33N3O5.